The number of amides is 1. The highest BCUT2D eigenvalue weighted by atomic mass is 16.3. The molecule has 2 heterocycles. The van der Waals surface area contributed by atoms with Crippen molar-refractivity contribution in [2.45, 2.75) is 13.8 Å². The number of pyridine rings is 1. The van der Waals surface area contributed by atoms with E-state index in [-0.39, 0.29) is 17.1 Å². The molecule has 0 spiro atoms. The van der Waals surface area contributed by atoms with Gasteiger partial charge >= 0.3 is 0 Å². The average Bonchev–Trinajstić information content (AvgIpc) is 2.60. The Balaban J connectivity index is 2.36. The maximum atomic E-state index is 11.8. The van der Waals surface area contributed by atoms with Crippen molar-refractivity contribution in [1.82, 2.24) is 15.2 Å². The Kier molecular flexibility index (Phi) is 4.06. The molecule has 0 radical (unpaired) electrons. The second kappa shape index (κ2) is 6.20. The second-order valence-corrected chi connectivity index (χ2v) is 5.71. The van der Waals surface area contributed by atoms with Crippen molar-refractivity contribution in [1.29, 1.82) is 0 Å². The first kappa shape index (κ1) is 16.4. The number of benzene rings is 1. The summed E-state index contributed by atoms with van der Waals surface area (Å²) in [6, 6.07) is 6.89. The number of primary amides is 1. The van der Waals surface area contributed by atoms with Gasteiger partial charge in [0.05, 0.1) is 23.8 Å². The number of aryl methyl sites for hydroxylation is 1. The number of aromatic hydroxyl groups is 1. The summed E-state index contributed by atoms with van der Waals surface area (Å²) in [5.41, 5.74) is 15.8. The molecule has 0 aliphatic rings. The molecular formula is C18H17N5O2. The van der Waals surface area contributed by atoms with E-state index in [0.717, 1.165) is 11.1 Å². The third-order valence-electron chi connectivity index (χ3n) is 4.09. The number of hydrogen-bond donors (Lipinski definition) is 3. The predicted molar refractivity (Wildman–Crippen MR) is 94.8 cm³/mol. The maximum Gasteiger partial charge on any atom is 0.269 e. The Bertz CT molecular complexity index is 971. The van der Waals surface area contributed by atoms with Crippen molar-refractivity contribution in [2.24, 2.45) is 5.73 Å². The van der Waals surface area contributed by atoms with Gasteiger partial charge in [-0.15, -0.1) is 0 Å². The predicted octanol–water partition coefficient (Wildman–Crippen LogP) is 2.21. The van der Waals surface area contributed by atoms with Crippen molar-refractivity contribution < 1.29 is 9.90 Å². The summed E-state index contributed by atoms with van der Waals surface area (Å²) in [6.45, 7) is 3.69. The third kappa shape index (κ3) is 2.87. The summed E-state index contributed by atoms with van der Waals surface area (Å²) < 4.78 is 0. The monoisotopic (exact) mass is 335 g/mol. The molecule has 3 aromatic rings. The highest BCUT2D eigenvalue weighted by Gasteiger charge is 2.19. The van der Waals surface area contributed by atoms with Crippen molar-refractivity contribution in [3.63, 3.8) is 0 Å². The minimum atomic E-state index is -0.724. The summed E-state index contributed by atoms with van der Waals surface area (Å²) in [4.78, 5) is 16.1. The number of phenols is 1. The van der Waals surface area contributed by atoms with E-state index in [1.807, 2.05) is 6.92 Å². The molecule has 1 amide bonds. The van der Waals surface area contributed by atoms with Crippen LogP contribution < -0.4 is 11.5 Å². The van der Waals surface area contributed by atoms with Crippen LogP contribution in [-0.2, 0) is 0 Å². The number of nitrogens with two attached hydrogens (primary N) is 2. The third-order valence-corrected chi connectivity index (χ3v) is 4.09. The smallest absolute Gasteiger partial charge is 0.269 e. The maximum absolute atomic E-state index is 11.8. The van der Waals surface area contributed by atoms with E-state index in [2.05, 4.69) is 15.2 Å². The standard InChI is InChI=1S/C18H17N5O2/c1-9-3-4-14(24)10(2)15(9)12-7-13(11-5-6-21-22-8-11)23-17(16(12)19)18(20)25/h3-8,24H,19H2,1-2H3,(H2,20,25). The number of nitrogen functional groups attached to an aromatic ring is 1. The van der Waals surface area contributed by atoms with Gasteiger partial charge in [0.15, 0.2) is 5.69 Å². The average molecular weight is 335 g/mol. The molecule has 0 aliphatic carbocycles. The molecule has 3 rings (SSSR count). The highest BCUT2D eigenvalue weighted by molar-refractivity contribution is 6.01. The number of phenolic OH excluding ortho intramolecular Hbond substituents is 1. The molecule has 7 nitrogen and oxygen atoms in total. The molecule has 2 aromatic heterocycles. The molecule has 5 N–H and O–H groups in total. The van der Waals surface area contributed by atoms with Gasteiger partial charge in [-0.1, -0.05) is 6.07 Å². The SMILES string of the molecule is Cc1ccc(O)c(C)c1-c1cc(-c2ccnnc2)nc(C(N)=O)c1N. The van der Waals surface area contributed by atoms with Crippen molar-refractivity contribution in [3.05, 3.63) is 53.5 Å². The Morgan fingerprint density at radius 2 is 1.92 bits per heavy atom. The van der Waals surface area contributed by atoms with E-state index in [9.17, 15) is 9.90 Å². The van der Waals surface area contributed by atoms with Crippen LogP contribution >= 0.6 is 0 Å². The molecule has 7 heteroatoms. The topological polar surface area (TPSA) is 128 Å². The first-order valence-corrected chi connectivity index (χ1v) is 7.57. The minimum Gasteiger partial charge on any atom is -0.508 e. The molecule has 0 bridgehead atoms. The molecule has 0 unspecified atom stereocenters. The number of carbonyl (C=O) groups is 1. The van der Waals surface area contributed by atoms with Crippen molar-refractivity contribution in [3.8, 4) is 28.1 Å². The fraction of sp³-hybridized carbons (Fsp3) is 0.111. The lowest BCUT2D eigenvalue weighted by atomic mass is 9.92. The highest BCUT2D eigenvalue weighted by Crippen LogP contribution is 2.38. The fourth-order valence-corrected chi connectivity index (χ4v) is 2.79. The quantitative estimate of drug-likeness (QED) is 0.673. The van der Waals surface area contributed by atoms with Crippen LogP contribution in [0.5, 0.6) is 5.75 Å². The van der Waals surface area contributed by atoms with Gasteiger partial charge in [-0.3, -0.25) is 4.79 Å². The lowest BCUT2D eigenvalue weighted by Crippen LogP contribution is -2.17. The lowest BCUT2D eigenvalue weighted by molar-refractivity contribution is 0.0996. The van der Waals surface area contributed by atoms with Crippen LogP contribution in [0.15, 0.2) is 36.7 Å². The van der Waals surface area contributed by atoms with Gasteiger partial charge < -0.3 is 16.6 Å². The van der Waals surface area contributed by atoms with Crippen LogP contribution in [-0.4, -0.2) is 26.2 Å². The van der Waals surface area contributed by atoms with E-state index < -0.39 is 5.91 Å². The second-order valence-electron chi connectivity index (χ2n) is 5.71. The Morgan fingerprint density at radius 1 is 1.16 bits per heavy atom. The van der Waals surface area contributed by atoms with Crippen LogP contribution in [0.4, 0.5) is 5.69 Å². The molecule has 25 heavy (non-hydrogen) atoms. The van der Waals surface area contributed by atoms with Gasteiger partial charge in [0.25, 0.3) is 5.91 Å². The zero-order chi connectivity index (χ0) is 18.1. The summed E-state index contributed by atoms with van der Waals surface area (Å²) in [5.74, 6) is -0.581. The van der Waals surface area contributed by atoms with Crippen molar-refractivity contribution in [2.75, 3.05) is 5.73 Å². The van der Waals surface area contributed by atoms with E-state index in [0.29, 0.717) is 22.4 Å². The van der Waals surface area contributed by atoms with E-state index >= 15 is 0 Å². The van der Waals surface area contributed by atoms with Crippen LogP contribution in [0.3, 0.4) is 0 Å². The largest absolute Gasteiger partial charge is 0.508 e. The van der Waals surface area contributed by atoms with Crippen LogP contribution in [0, 0.1) is 13.8 Å². The van der Waals surface area contributed by atoms with E-state index in [1.165, 1.54) is 12.4 Å². The van der Waals surface area contributed by atoms with Gasteiger partial charge in [-0.2, -0.15) is 10.2 Å². The number of carbonyl (C=O) groups excluding carboxylic acids is 1. The van der Waals surface area contributed by atoms with Crippen LogP contribution in [0.1, 0.15) is 21.6 Å². The number of rotatable bonds is 3. The normalized spacial score (nSPS) is 10.6. The summed E-state index contributed by atoms with van der Waals surface area (Å²) in [6.07, 6.45) is 3.07. The molecule has 0 atom stereocenters. The fourth-order valence-electron chi connectivity index (χ4n) is 2.79. The number of hydrogen-bond acceptors (Lipinski definition) is 6. The summed E-state index contributed by atoms with van der Waals surface area (Å²) in [7, 11) is 0. The Morgan fingerprint density at radius 3 is 2.56 bits per heavy atom. The number of anilines is 1. The minimum absolute atomic E-state index is 0.0218. The van der Waals surface area contributed by atoms with Gasteiger partial charge in [-0.05, 0) is 48.7 Å². The van der Waals surface area contributed by atoms with Crippen LogP contribution in [0.25, 0.3) is 22.4 Å². The Hall–Kier alpha value is -3.48. The summed E-state index contributed by atoms with van der Waals surface area (Å²) >= 11 is 0. The molecule has 126 valence electrons. The lowest BCUT2D eigenvalue weighted by Gasteiger charge is -2.16. The molecule has 0 aliphatic heterocycles. The van der Waals surface area contributed by atoms with Gasteiger partial charge in [0.2, 0.25) is 0 Å². The number of aromatic nitrogens is 3. The van der Waals surface area contributed by atoms with E-state index in [1.54, 1.807) is 31.2 Å². The first-order chi connectivity index (χ1) is 11.9. The molecular weight excluding hydrogens is 318 g/mol. The number of nitrogens with zero attached hydrogens (tertiary/aromatic N) is 3. The zero-order valence-corrected chi connectivity index (χ0v) is 13.8. The van der Waals surface area contributed by atoms with E-state index in [4.69, 9.17) is 11.5 Å². The molecule has 0 fully saturated rings. The van der Waals surface area contributed by atoms with Crippen molar-refractivity contribution >= 4 is 11.6 Å². The van der Waals surface area contributed by atoms with Gasteiger partial charge in [0.1, 0.15) is 5.75 Å². The van der Waals surface area contributed by atoms with Crippen LogP contribution in [0.2, 0.25) is 0 Å². The summed E-state index contributed by atoms with van der Waals surface area (Å²) in [5, 5.41) is 17.6. The molecule has 0 saturated carbocycles. The Labute approximate surface area is 144 Å². The van der Waals surface area contributed by atoms with Gasteiger partial charge in [-0.25, -0.2) is 4.98 Å². The molecule has 1 aromatic carbocycles. The zero-order valence-electron chi connectivity index (χ0n) is 13.8. The molecule has 0 saturated heterocycles. The van der Waals surface area contributed by atoms with Gasteiger partial charge in [0, 0.05) is 11.1 Å². The first-order valence-electron chi connectivity index (χ1n) is 7.57.